The van der Waals surface area contributed by atoms with Gasteiger partial charge in [-0.25, -0.2) is 0 Å². The van der Waals surface area contributed by atoms with E-state index in [0.29, 0.717) is 5.92 Å². The van der Waals surface area contributed by atoms with E-state index in [2.05, 4.69) is 41.1 Å². The monoisotopic (exact) mass is 511 g/mol. The zero-order valence-corrected chi connectivity index (χ0v) is 22.6. The predicted molar refractivity (Wildman–Crippen MR) is 144 cm³/mol. The number of benzene rings is 1. The van der Waals surface area contributed by atoms with Gasteiger partial charge in [-0.05, 0) is 93.5 Å². The first kappa shape index (κ1) is 26.4. The summed E-state index contributed by atoms with van der Waals surface area (Å²) >= 11 is 0. The van der Waals surface area contributed by atoms with E-state index < -0.39 is 0 Å². The number of H-pyrrole nitrogens is 1. The summed E-state index contributed by atoms with van der Waals surface area (Å²) in [5.74, 6) is 2.47. The number of hydrogen-bond acceptors (Lipinski definition) is 4. The lowest BCUT2D eigenvalue weighted by atomic mass is 9.58. The standard InChI is InChI=1S/C29H37N3O3.ClH/c1-5-32(6-2)28(33)27-20(3)25-16-22-18-31(19-24-11-8-14-35-24)13-12-29(22,17-26(25)30-27)21-9-7-10-23(15-21)34-4;/h7-11,14-15,22,30H,5-6,12-13,16-19H2,1-4H3;1H. The summed E-state index contributed by atoms with van der Waals surface area (Å²) in [6.45, 7) is 10.5. The Labute approximate surface area is 220 Å². The molecule has 3 heterocycles. The number of amides is 1. The molecule has 0 spiro atoms. The summed E-state index contributed by atoms with van der Waals surface area (Å²) in [7, 11) is 1.73. The number of hydrogen-bond donors (Lipinski definition) is 1. The molecule has 1 saturated heterocycles. The van der Waals surface area contributed by atoms with E-state index in [-0.39, 0.29) is 23.7 Å². The first-order chi connectivity index (χ1) is 17.0. The molecule has 1 aliphatic heterocycles. The molecular weight excluding hydrogens is 474 g/mol. The number of nitrogens with one attached hydrogen (secondary N) is 1. The highest BCUT2D eigenvalue weighted by molar-refractivity contribution is 5.94. The van der Waals surface area contributed by atoms with Crippen molar-refractivity contribution in [2.24, 2.45) is 5.92 Å². The van der Waals surface area contributed by atoms with Crippen LogP contribution < -0.4 is 4.74 Å². The molecule has 1 aliphatic carbocycles. The van der Waals surface area contributed by atoms with Crippen molar-refractivity contribution in [3.05, 3.63) is 76.5 Å². The molecule has 1 fully saturated rings. The zero-order chi connectivity index (χ0) is 24.6. The largest absolute Gasteiger partial charge is 0.497 e. The molecule has 0 radical (unpaired) electrons. The van der Waals surface area contributed by atoms with Crippen molar-refractivity contribution in [2.75, 3.05) is 33.3 Å². The first-order valence-corrected chi connectivity index (χ1v) is 12.9. The van der Waals surface area contributed by atoms with Gasteiger partial charge >= 0.3 is 0 Å². The summed E-state index contributed by atoms with van der Waals surface area (Å²) in [5.41, 5.74) is 5.81. The van der Waals surface area contributed by atoms with Gasteiger partial charge in [0.05, 0.1) is 19.9 Å². The van der Waals surface area contributed by atoms with Gasteiger partial charge in [0.25, 0.3) is 5.91 Å². The van der Waals surface area contributed by atoms with E-state index in [0.717, 1.165) is 74.8 Å². The second-order valence-electron chi connectivity index (χ2n) is 10.1. The number of likely N-dealkylation sites (tertiary alicyclic amines) is 1. The molecule has 1 N–H and O–H groups in total. The number of methoxy groups -OCH3 is 1. The molecule has 2 atom stereocenters. The Morgan fingerprint density at radius 2 is 2.06 bits per heavy atom. The van der Waals surface area contributed by atoms with Crippen LogP contribution in [0.15, 0.2) is 47.1 Å². The van der Waals surface area contributed by atoms with Crippen molar-refractivity contribution in [2.45, 2.75) is 52.0 Å². The van der Waals surface area contributed by atoms with Crippen molar-refractivity contribution in [1.82, 2.24) is 14.8 Å². The highest BCUT2D eigenvalue weighted by Crippen LogP contribution is 2.49. The van der Waals surface area contributed by atoms with Crippen molar-refractivity contribution >= 4 is 18.3 Å². The second-order valence-corrected chi connectivity index (χ2v) is 10.1. The third-order valence-electron chi connectivity index (χ3n) is 8.41. The molecule has 3 aromatic rings. The third-order valence-corrected chi connectivity index (χ3v) is 8.41. The first-order valence-electron chi connectivity index (χ1n) is 12.9. The van der Waals surface area contributed by atoms with E-state index in [9.17, 15) is 4.79 Å². The zero-order valence-electron chi connectivity index (χ0n) is 21.8. The SMILES string of the molecule is CCN(CC)C(=O)c1[nH]c2c(c1C)CC1CN(Cc3ccco3)CCC1(c1cccc(OC)c1)C2.Cl. The highest BCUT2D eigenvalue weighted by Gasteiger charge is 2.48. The summed E-state index contributed by atoms with van der Waals surface area (Å²) < 4.78 is 11.3. The molecule has 36 heavy (non-hydrogen) atoms. The van der Waals surface area contributed by atoms with E-state index in [1.165, 1.54) is 16.8 Å². The molecule has 2 aliphatic rings. The maximum absolute atomic E-state index is 13.3. The van der Waals surface area contributed by atoms with Crippen LogP contribution in [0.25, 0.3) is 0 Å². The van der Waals surface area contributed by atoms with Gasteiger partial charge in [-0.3, -0.25) is 9.69 Å². The number of ether oxygens (including phenoxy) is 1. The van der Waals surface area contributed by atoms with Crippen LogP contribution in [0.2, 0.25) is 0 Å². The van der Waals surface area contributed by atoms with E-state index >= 15 is 0 Å². The van der Waals surface area contributed by atoms with Gasteiger partial charge in [0.2, 0.25) is 0 Å². The van der Waals surface area contributed by atoms with Crippen LogP contribution in [0.4, 0.5) is 0 Å². The number of furan rings is 1. The topological polar surface area (TPSA) is 61.7 Å². The molecular formula is C29H38ClN3O3. The number of carbonyl (C=O) groups excluding carboxylic acids is 1. The summed E-state index contributed by atoms with van der Waals surface area (Å²) in [5, 5.41) is 0. The van der Waals surface area contributed by atoms with Gasteiger partial charge < -0.3 is 19.0 Å². The lowest BCUT2D eigenvalue weighted by Crippen LogP contribution is -2.53. The summed E-state index contributed by atoms with van der Waals surface area (Å²) in [4.78, 5) is 21.3. The number of halogens is 1. The fourth-order valence-electron chi connectivity index (χ4n) is 6.38. The van der Waals surface area contributed by atoms with Crippen LogP contribution in [0.3, 0.4) is 0 Å². The molecule has 2 aromatic heterocycles. The Bertz CT molecular complexity index is 1180. The Kier molecular flexibility index (Phi) is 7.86. The number of aromatic amines is 1. The lowest BCUT2D eigenvalue weighted by molar-refractivity contribution is 0.0715. The van der Waals surface area contributed by atoms with Crippen molar-refractivity contribution in [1.29, 1.82) is 0 Å². The minimum atomic E-state index is 0. The van der Waals surface area contributed by atoms with Crippen molar-refractivity contribution < 1.29 is 13.9 Å². The number of nitrogens with zero attached hydrogens (tertiary/aromatic N) is 2. The maximum atomic E-state index is 13.3. The van der Waals surface area contributed by atoms with Crippen LogP contribution in [0.1, 0.15) is 58.9 Å². The fourth-order valence-corrected chi connectivity index (χ4v) is 6.38. The lowest BCUT2D eigenvalue weighted by Gasteiger charge is -2.51. The van der Waals surface area contributed by atoms with Crippen molar-refractivity contribution in [3.8, 4) is 5.75 Å². The van der Waals surface area contributed by atoms with E-state index in [1.54, 1.807) is 13.4 Å². The van der Waals surface area contributed by atoms with Crippen LogP contribution >= 0.6 is 12.4 Å². The molecule has 1 aromatic carbocycles. The predicted octanol–water partition coefficient (Wildman–Crippen LogP) is 5.39. The minimum absolute atomic E-state index is 0. The quantitative estimate of drug-likeness (QED) is 0.462. The number of fused-ring (bicyclic) bond motifs is 2. The molecule has 0 bridgehead atoms. The number of aromatic nitrogens is 1. The highest BCUT2D eigenvalue weighted by atomic mass is 35.5. The second kappa shape index (κ2) is 10.7. The van der Waals surface area contributed by atoms with Crippen LogP contribution in [0, 0.1) is 12.8 Å². The fraction of sp³-hybridized carbons (Fsp3) is 0.483. The van der Waals surface area contributed by atoms with E-state index in [1.807, 2.05) is 30.9 Å². The van der Waals surface area contributed by atoms with Crippen LogP contribution in [0.5, 0.6) is 5.75 Å². The van der Waals surface area contributed by atoms with Crippen LogP contribution in [-0.4, -0.2) is 54.0 Å². The molecule has 1 amide bonds. The number of carbonyl (C=O) groups is 1. The number of rotatable bonds is 7. The summed E-state index contributed by atoms with van der Waals surface area (Å²) in [6, 6.07) is 12.6. The Hall–Kier alpha value is -2.70. The van der Waals surface area contributed by atoms with Crippen LogP contribution in [-0.2, 0) is 24.8 Å². The van der Waals surface area contributed by atoms with E-state index in [4.69, 9.17) is 9.15 Å². The van der Waals surface area contributed by atoms with Gasteiger partial charge in [0.15, 0.2) is 0 Å². The average Bonchev–Trinajstić information content (AvgIpc) is 3.51. The van der Waals surface area contributed by atoms with Gasteiger partial charge in [0.1, 0.15) is 17.2 Å². The summed E-state index contributed by atoms with van der Waals surface area (Å²) in [6.07, 6.45) is 4.70. The minimum Gasteiger partial charge on any atom is -0.497 e. The van der Waals surface area contributed by atoms with Gasteiger partial charge in [-0.15, -0.1) is 12.4 Å². The van der Waals surface area contributed by atoms with Crippen molar-refractivity contribution in [3.63, 3.8) is 0 Å². The smallest absolute Gasteiger partial charge is 0.270 e. The van der Waals surface area contributed by atoms with Gasteiger partial charge in [-0.2, -0.15) is 0 Å². The Morgan fingerprint density at radius 1 is 1.25 bits per heavy atom. The maximum Gasteiger partial charge on any atom is 0.270 e. The van der Waals surface area contributed by atoms with Gasteiger partial charge in [-0.1, -0.05) is 12.1 Å². The third kappa shape index (κ3) is 4.57. The molecule has 0 saturated carbocycles. The molecule has 2 unspecified atom stereocenters. The molecule has 7 heteroatoms. The van der Waals surface area contributed by atoms with Gasteiger partial charge in [0, 0.05) is 30.7 Å². The Balaban J connectivity index is 0.00000304. The molecule has 194 valence electrons. The normalized spacial score (nSPS) is 21.3. The molecule has 6 nitrogen and oxygen atoms in total. The molecule has 5 rings (SSSR count). The number of piperidine rings is 1. The average molecular weight is 512 g/mol. The Morgan fingerprint density at radius 3 is 2.75 bits per heavy atom.